The van der Waals surface area contributed by atoms with Gasteiger partial charge in [-0.25, -0.2) is 0 Å². The van der Waals surface area contributed by atoms with Gasteiger partial charge in [0.15, 0.2) is 44.0 Å². The topological polar surface area (TPSA) is 799 Å². The molecule has 51 nitrogen and oxygen atoms in total. The monoisotopic (exact) mass is 1670 g/mol. The number of hydrogen-bond acceptors (Lipinski definition) is 46. The van der Waals surface area contributed by atoms with E-state index in [2.05, 4.69) is 26.6 Å². The highest BCUT2D eigenvalue weighted by atomic mass is 16.8. The molecule has 0 aromatic rings. The molecule has 0 saturated carbocycles. The van der Waals surface area contributed by atoms with E-state index < -0.39 is 359 Å². The first-order valence-corrected chi connectivity index (χ1v) is 35.9. The molecule has 114 heavy (non-hydrogen) atoms. The van der Waals surface area contributed by atoms with Gasteiger partial charge < -0.3 is 230 Å². The normalized spacial score (nSPS) is 44.9. The average Bonchev–Trinajstić information content (AvgIpc) is 0.757. The molecular formula is C63H104N5O46-. The molecule has 8 saturated heterocycles. The maximum Gasteiger partial charge on any atom is 0.217 e. The van der Waals surface area contributed by atoms with E-state index in [-0.39, 0.29) is 6.41 Å². The Bertz CT molecular complexity index is 3060. The number of hydrogen-bond donors (Lipinski definition) is 28. The number of carbonyl (C=O) groups excluding carboxylic acids is 6. The summed E-state index contributed by atoms with van der Waals surface area (Å²) in [6.45, 7) is -6.49. The summed E-state index contributed by atoms with van der Waals surface area (Å²) in [5, 5.41) is 280. The van der Waals surface area contributed by atoms with Crippen LogP contribution in [-0.4, -0.2) is 477 Å². The largest absolute Gasteiger partial charge is 0.544 e. The van der Waals surface area contributed by atoms with Crippen molar-refractivity contribution >= 4 is 36.0 Å². The molecule has 0 aromatic carbocycles. The zero-order valence-corrected chi connectivity index (χ0v) is 61.2. The second-order valence-corrected chi connectivity index (χ2v) is 28.2. The van der Waals surface area contributed by atoms with Crippen LogP contribution >= 0.6 is 0 Å². The maximum atomic E-state index is 13.1. The van der Waals surface area contributed by atoms with Crippen LogP contribution in [0.3, 0.4) is 0 Å². The third-order valence-corrected chi connectivity index (χ3v) is 20.2. The van der Waals surface area contributed by atoms with Crippen molar-refractivity contribution in [3.05, 3.63) is 0 Å². The van der Waals surface area contributed by atoms with Crippen molar-refractivity contribution < 1.29 is 227 Å². The summed E-state index contributed by atoms with van der Waals surface area (Å²) in [7, 11) is 0. The molecule has 28 N–H and O–H groups in total. The van der Waals surface area contributed by atoms with E-state index in [0.29, 0.717) is 0 Å². The van der Waals surface area contributed by atoms with Crippen molar-refractivity contribution in [1.82, 2.24) is 26.6 Å². The molecule has 42 atom stereocenters. The first-order valence-electron chi connectivity index (χ1n) is 35.9. The van der Waals surface area contributed by atoms with Crippen molar-refractivity contribution in [3.8, 4) is 0 Å². The smallest absolute Gasteiger partial charge is 0.217 e. The lowest BCUT2D eigenvalue weighted by atomic mass is 9.88. The third kappa shape index (κ3) is 21.5. The number of carboxylic acid groups (broad SMARTS) is 1. The molecule has 0 unspecified atom stereocenters. The number of rotatable bonds is 35. The standard InChI is InChI=1S/C63H105N5O46/c1-17(78)65-31-22(82)5-63(62(97)98,113-51(31)35(84)23(83)7-70)114-54-38(87)26(10-73)103-61(47(54)96)109-48-27(11-74)104-55(33(41(48)90)67-19(3)80)100-15-30-39(88)53(112-56-32(66-18(2)79)40(89)36(85)24(8-71)101-56)46(95)60(107-30)108-49-28(12-75)105-57(34(42(49)91)68-20(4)81)111-52-37(86)25(9-72)102-59(45(52)94)110-50-29(13-76)106-58(44(93)43(50)92)99-14-21(6-69)64-16-77/h16,21-61,69-76,82-96H,5-15H2,1-4H3,(H,64,77)(H,65,78)(H,66,79)(H,67,80)(H,68,81)(H,97,98)/p-1/t21-,22+,23-,24-,25-,26-,27-,28-,29-,30-,31-,32-,33-,34-,35-,36-,37+,38+,39+,40-,41-,42-,43-,44-,45-,46-,47-,48-,49-,50-,51-,52+,53+,54+,55-,56+,57+,58-,59+,60+,61+,63+/m1/s1. The zero-order chi connectivity index (χ0) is 84.4. The Labute approximate surface area is 645 Å². The highest BCUT2D eigenvalue weighted by Crippen LogP contribution is 2.41. The van der Waals surface area contributed by atoms with Gasteiger partial charge in [0.05, 0.1) is 84.3 Å². The predicted octanol–water partition coefficient (Wildman–Crippen LogP) is -20.9. The van der Waals surface area contributed by atoms with Crippen molar-refractivity contribution in [1.29, 1.82) is 0 Å². The molecule has 8 aliphatic rings. The van der Waals surface area contributed by atoms with Gasteiger partial charge in [-0.05, 0) is 0 Å². The van der Waals surface area contributed by atoms with Gasteiger partial charge in [-0.1, -0.05) is 0 Å². The number of ether oxygens (including phenoxy) is 16. The molecule has 0 aromatic heterocycles. The molecule has 0 bridgehead atoms. The van der Waals surface area contributed by atoms with Crippen LogP contribution in [0.2, 0.25) is 0 Å². The number of aliphatic hydroxyl groups excluding tert-OH is 23. The van der Waals surface area contributed by atoms with Crippen LogP contribution in [0.25, 0.3) is 0 Å². The first-order chi connectivity index (χ1) is 53.9. The highest BCUT2D eigenvalue weighted by molar-refractivity contribution is 5.76. The Kier molecular flexibility index (Phi) is 34.9. The van der Waals surface area contributed by atoms with Crippen molar-refractivity contribution in [2.45, 2.75) is 291 Å². The van der Waals surface area contributed by atoms with E-state index >= 15 is 0 Å². The van der Waals surface area contributed by atoms with E-state index in [4.69, 9.17) is 75.8 Å². The Morgan fingerprint density at radius 3 is 1.22 bits per heavy atom. The molecule has 8 aliphatic heterocycles. The number of nitrogens with one attached hydrogen (secondary N) is 5. The summed E-state index contributed by atoms with van der Waals surface area (Å²) in [4.78, 5) is 74.9. The molecule has 0 aliphatic carbocycles. The fourth-order valence-corrected chi connectivity index (χ4v) is 14.3. The van der Waals surface area contributed by atoms with Gasteiger partial charge in [-0.2, -0.15) is 0 Å². The summed E-state index contributed by atoms with van der Waals surface area (Å²) in [5.41, 5.74) is 0. The lowest BCUT2D eigenvalue weighted by molar-refractivity contribution is -0.411. The molecule has 658 valence electrons. The fourth-order valence-electron chi connectivity index (χ4n) is 14.3. The summed E-state index contributed by atoms with van der Waals surface area (Å²) in [6.07, 6.45) is -77.3. The van der Waals surface area contributed by atoms with E-state index in [9.17, 15) is 151 Å². The SMILES string of the molecule is CC(=O)N[C@H]1[C@H](OC[C@H]2O[C@@H](O[C@H]3[C@H](O)[C@@H](NC(C)=O)[C@H](O[C@H]4[C@@H](O)[C@@H](CO)O[C@@H](O[C@H]5[C@H](O)[C@@H](O)[C@H](OC[C@@H](CO)NC=O)O[C@@H]5CO)[C@@H]4O)O[C@@H]3CO)[C@H](O)[C@@H](O[C@@H]3O[C@H](CO)[C@@H](O)[C@H](O)[C@H]3NC(C)=O)[C@H]2O)O[C@H](CO)[C@@H](O[C@@H]2O[C@H](CO)[C@H](O)[C@H](O[C@]3(C(=O)[O-])C[C@H](O)[C@@H](NC(C)=O)[C@H]([C@H](O)[C@H](O)CO)O3)[C@H]2O)[C@@H]1O. The molecule has 0 radical (unpaired) electrons. The zero-order valence-electron chi connectivity index (χ0n) is 61.2. The summed E-state index contributed by atoms with van der Waals surface area (Å²) >= 11 is 0. The fraction of sp³-hybridized carbons (Fsp3) is 0.905. The van der Waals surface area contributed by atoms with Crippen LogP contribution in [0, 0.1) is 0 Å². The number of aliphatic carboxylic acids is 1. The minimum atomic E-state index is -3.38. The molecule has 8 rings (SSSR count). The summed E-state index contributed by atoms with van der Waals surface area (Å²) in [5.74, 6) is -9.49. The Hall–Kier alpha value is -4.74. The Morgan fingerprint density at radius 2 is 0.781 bits per heavy atom. The second-order valence-electron chi connectivity index (χ2n) is 28.2. The van der Waals surface area contributed by atoms with Gasteiger partial charge in [0, 0.05) is 34.1 Å². The van der Waals surface area contributed by atoms with Gasteiger partial charge >= 0.3 is 0 Å². The number of amides is 5. The van der Waals surface area contributed by atoms with E-state index in [1.165, 1.54) is 0 Å². The van der Waals surface area contributed by atoms with Crippen LogP contribution in [0.5, 0.6) is 0 Å². The van der Waals surface area contributed by atoms with Crippen LogP contribution in [0.4, 0.5) is 0 Å². The van der Waals surface area contributed by atoms with Crippen LogP contribution in [0.1, 0.15) is 34.1 Å². The number of carbonyl (C=O) groups is 6. The van der Waals surface area contributed by atoms with Crippen LogP contribution in [-0.2, 0) is 105 Å². The summed E-state index contributed by atoms with van der Waals surface area (Å²) < 4.78 is 93.5. The molecule has 51 heteroatoms. The van der Waals surface area contributed by atoms with E-state index in [1.807, 2.05) is 0 Å². The first kappa shape index (κ1) is 94.7. The average molecular weight is 1670 g/mol. The minimum absolute atomic E-state index is 0.246. The van der Waals surface area contributed by atoms with Gasteiger partial charge in [0.2, 0.25) is 35.8 Å². The Balaban J connectivity index is 1.05. The van der Waals surface area contributed by atoms with Gasteiger partial charge in [0.25, 0.3) is 0 Å². The molecule has 0 spiro atoms. The Morgan fingerprint density at radius 1 is 0.412 bits per heavy atom. The van der Waals surface area contributed by atoms with Crippen molar-refractivity contribution in [2.75, 3.05) is 66.1 Å². The predicted molar refractivity (Wildman–Crippen MR) is 349 cm³/mol. The lowest BCUT2D eigenvalue weighted by Gasteiger charge is -2.52. The third-order valence-electron chi connectivity index (χ3n) is 20.2. The number of aliphatic hydroxyl groups is 23. The molecular weight excluding hydrogens is 1560 g/mol. The van der Waals surface area contributed by atoms with Crippen molar-refractivity contribution in [3.63, 3.8) is 0 Å². The quantitative estimate of drug-likeness (QED) is 0.0262. The van der Waals surface area contributed by atoms with E-state index in [1.54, 1.807) is 0 Å². The maximum absolute atomic E-state index is 13.1. The molecule has 5 amide bonds. The molecule has 8 heterocycles. The van der Waals surface area contributed by atoms with Gasteiger partial charge in [-0.3, -0.25) is 24.0 Å². The molecule has 8 fully saturated rings. The van der Waals surface area contributed by atoms with Crippen LogP contribution in [0.15, 0.2) is 0 Å². The van der Waals surface area contributed by atoms with E-state index in [0.717, 1.165) is 27.7 Å². The van der Waals surface area contributed by atoms with Crippen molar-refractivity contribution in [2.24, 2.45) is 0 Å². The minimum Gasteiger partial charge on any atom is -0.544 e. The number of carboxylic acids is 1. The lowest BCUT2D eigenvalue weighted by Crippen LogP contribution is -2.72. The van der Waals surface area contributed by atoms with Gasteiger partial charge in [-0.15, -0.1) is 0 Å². The van der Waals surface area contributed by atoms with Crippen LogP contribution < -0.4 is 31.7 Å². The summed E-state index contributed by atoms with van der Waals surface area (Å²) in [6, 6.07) is -8.53. The van der Waals surface area contributed by atoms with Gasteiger partial charge in [0.1, 0.15) is 195 Å². The second kappa shape index (κ2) is 42.0. The highest BCUT2D eigenvalue weighted by Gasteiger charge is 2.62.